The van der Waals surface area contributed by atoms with Gasteiger partial charge in [0.15, 0.2) is 6.10 Å². The Hall–Kier alpha value is -2.63. The fourth-order valence-electron chi connectivity index (χ4n) is 11.1. The van der Waals surface area contributed by atoms with Crippen molar-refractivity contribution in [2.45, 2.75) is 406 Å². The molecule has 0 amide bonds. The molecule has 0 aromatic heterocycles. The van der Waals surface area contributed by atoms with E-state index in [2.05, 4.69) is 69.4 Å². The Morgan fingerprint density at radius 2 is 0.476 bits per heavy atom. The van der Waals surface area contributed by atoms with E-state index in [0.29, 0.717) is 19.3 Å². The van der Waals surface area contributed by atoms with Crippen LogP contribution in [0.15, 0.2) is 48.6 Å². The second-order valence-corrected chi connectivity index (χ2v) is 24.8. The summed E-state index contributed by atoms with van der Waals surface area (Å²) >= 11 is 0. The first-order valence-corrected chi connectivity index (χ1v) is 36.6. The zero-order valence-electron chi connectivity index (χ0n) is 55.3. The third-order valence-electron chi connectivity index (χ3n) is 16.6. The van der Waals surface area contributed by atoms with E-state index >= 15 is 0 Å². The van der Waals surface area contributed by atoms with E-state index < -0.39 is 6.10 Å². The first kappa shape index (κ1) is 79.4. The molecular formula is C76H140O6. The quantitative estimate of drug-likeness (QED) is 0.0261. The van der Waals surface area contributed by atoms with Gasteiger partial charge in [-0.1, -0.05) is 371 Å². The normalized spacial score (nSPS) is 12.3. The lowest BCUT2D eigenvalue weighted by molar-refractivity contribution is -0.167. The summed E-state index contributed by atoms with van der Waals surface area (Å²) in [5, 5.41) is 0. The predicted molar refractivity (Wildman–Crippen MR) is 358 cm³/mol. The molecule has 82 heavy (non-hydrogen) atoms. The van der Waals surface area contributed by atoms with Crippen molar-refractivity contribution in [1.82, 2.24) is 0 Å². The molecule has 0 aromatic carbocycles. The molecule has 0 spiro atoms. The zero-order valence-corrected chi connectivity index (χ0v) is 55.3. The summed E-state index contributed by atoms with van der Waals surface area (Å²) in [6.07, 6.45) is 90.4. The van der Waals surface area contributed by atoms with Gasteiger partial charge in [0.2, 0.25) is 0 Å². The Bertz CT molecular complexity index is 1410. The maximum Gasteiger partial charge on any atom is 0.306 e. The number of ether oxygens (including phenoxy) is 3. The van der Waals surface area contributed by atoms with Crippen molar-refractivity contribution in [3.05, 3.63) is 48.6 Å². The average Bonchev–Trinajstić information content (AvgIpc) is 3.47. The number of esters is 3. The number of carbonyl (C=O) groups is 3. The highest BCUT2D eigenvalue weighted by Gasteiger charge is 2.19. The highest BCUT2D eigenvalue weighted by molar-refractivity contribution is 5.71. The summed E-state index contributed by atoms with van der Waals surface area (Å²) in [4.78, 5) is 38.3. The smallest absolute Gasteiger partial charge is 0.306 e. The highest BCUT2D eigenvalue weighted by atomic mass is 16.6. The maximum absolute atomic E-state index is 12.9. The summed E-state index contributed by atoms with van der Waals surface area (Å²) in [5.74, 6) is -0.839. The van der Waals surface area contributed by atoms with E-state index in [1.54, 1.807) is 0 Å². The van der Waals surface area contributed by atoms with Crippen molar-refractivity contribution in [3.8, 4) is 0 Å². The molecule has 1 atom stereocenters. The highest BCUT2D eigenvalue weighted by Crippen LogP contribution is 2.19. The zero-order chi connectivity index (χ0) is 59.2. The van der Waals surface area contributed by atoms with Gasteiger partial charge in [0.05, 0.1) is 0 Å². The molecule has 0 rings (SSSR count). The minimum atomic E-state index is -0.766. The van der Waals surface area contributed by atoms with Crippen LogP contribution in [0, 0.1) is 0 Å². The molecular weight excluding hydrogens is 1010 g/mol. The van der Waals surface area contributed by atoms with Gasteiger partial charge >= 0.3 is 17.9 Å². The van der Waals surface area contributed by atoms with Crippen molar-refractivity contribution in [1.29, 1.82) is 0 Å². The van der Waals surface area contributed by atoms with Crippen LogP contribution in [-0.2, 0) is 28.6 Å². The van der Waals surface area contributed by atoms with E-state index in [9.17, 15) is 14.4 Å². The summed E-state index contributed by atoms with van der Waals surface area (Å²) in [7, 11) is 0. The fraction of sp³-hybridized carbons (Fsp3) is 0.855. The summed E-state index contributed by atoms with van der Waals surface area (Å²) < 4.78 is 16.9. The SMILES string of the molecule is CC/C=C\C/C=C\C/C=C\C/C=C\CCCCCCCCCCCCCCCCCCCCCCC(=O)OCC(COC(=O)CCCCCCCCCC)OC(=O)CCCCCCCCCCCCCCCCCCCCCCCCC. The largest absolute Gasteiger partial charge is 0.462 e. The van der Waals surface area contributed by atoms with Crippen molar-refractivity contribution in [2.75, 3.05) is 13.2 Å². The third-order valence-corrected chi connectivity index (χ3v) is 16.6. The first-order valence-electron chi connectivity index (χ1n) is 36.6. The Kier molecular flexibility index (Phi) is 68.6. The minimum Gasteiger partial charge on any atom is -0.462 e. The molecule has 0 bridgehead atoms. The molecule has 1 unspecified atom stereocenters. The molecule has 0 aliphatic rings. The van der Waals surface area contributed by atoms with Crippen LogP contribution in [-0.4, -0.2) is 37.2 Å². The van der Waals surface area contributed by atoms with Gasteiger partial charge in [-0.2, -0.15) is 0 Å². The molecule has 0 aliphatic heterocycles. The average molecular weight is 1150 g/mol. The van der Waals surface area contributed by atoms with Crippen LogP contribution in [0.3, 0.4) is 0 Å². The van der Waals surface area contributed by atoms with Gasteiger partial charge in [-0.15, -0.1) is 0 Å². The predicted octanol–water partition coefficient (Wildman–Crippen LogP) is 25.3. The molecule has 0 fully saturated rings. The molecule has 0 saturated carbocycles. The van der Waals surface area contributed by atoms with Crippen LogP contribution < -0.4 is 0 Å². The number of hydrogen-bond donors (Lipinski definition) is 0. The first-order chi connectivity index (χ1) is 40.5. The molecule has 6 nitrogen and oxygen atoms in total. The Labute approximate surface area is 511 Å². The van der Waals surface area contributed by atoms with Crippen LogP contribution >= 0.6 is 0 Å². The van der Waals surface area contributed by atoms with Gasteiger partial charge in [-0.05, 0) is 57.8 Å². The van der Waals surface area contributed by atoms with Gasteiger partial charge < -0.3 is 14.2 Å². The van der Waals surface area contributed by atoms with E-state index in [1.807, 2.05) is 0 Å². The molecule has 0 aliphatic carbocycles. The molecule has 6 heteroatoms. The second-order valence-electron chi connectivity index (χ2n) is 24.8. The molecule has 0 saturated heterocycles. The molecule has 0 aromatic rings. The van der Waals surface area contributed by atoms with Crippen molar-refractivity contribution < 1.29 is 28.6 Å². The lowest BCUT2D eigenvalue weighted by Crippen LogP contribution is -2.30. The van der Waals surface area contributed by atoms with Crippen molar-refractivity contribution in [2.24, 2.45) is 0 Å². The molecule has 0 N–H and O–H groups in total. The van der Waals surface area contributed by atoms with Crippen LogP contribution in [0.2, 0.25) is 0 Å². The van der Waals surface area contributed by atoms with Gasteiger partial charge in [0, 0.05) is 19.3 Å². The molecule has 0 radical (unpaired) electrons. The van der Waals surface area contributed by atoms with Gasteiger partial charge in [-0.25, -0.2) is 0 Å². The lowest BCUT2D eigenvalue weighted by Gasteiger charge is -2.18. The summed E-state index contributed by atoms with van der Waals surface area (Å²) in [5.41, 5.74) is 0. The number of hydrogen-bond acceptors (Lipinski definition) is 6. The lowest BCUT2D eigenvalue weighted by atomic mass is 10.0. The van der Waals surface area contributed by atoms with Crippen LogP contribution in [0.4, 0.5) is 0 Å². The van der Waals surface area contributed by atoms with E-state index in [1.165, 1.54) is 276 Å². The summed E-state index contributed by atoms with van der Waals surface area (Å²) in [6, 6.07) is 0. The third kappa shape index (κ3) is 68.2. The topological polar surface area (TPSA) is 78.9 Å². The Balaban J connectivity index is 4.00. The van der Waals surface area contributed by atoms with Crippen molar-refractivity contribution in [3.63, 3.8) is 0 Å². The van der Waals surface area contributed by atoms with Gasteiger partial charge in [-0.3, -0.25) is 14.4 Å². The standard InChI is InChI=1S/C76H140O6/c1-4-7-10-13-16-19-21-23-25-27-29-31-33-34-35-36-37-38-39-40-41-42-44-45-47-49-51-53-55-57-60-63-66-69-75(78)81-72-73(71-80-74(77)68-65-62-59-18-15-12-9-6-3)82-76(79)70-67-64-61-58-56-54-52-50-48-46-43-32-30-28-26-24-22-20-17-14-11-8-5-2/h7,10,16,19,23,25,29,31,73H,4-6,8-9,11-15,17-18,20-22,24,26-28,30,32-72H2,1-3H3/b10-7-,19-16-,25-23-,31-29-. The Morgan fingerprint density at radius 3 is 0.744 bits per heavy atom. The van der Waals surface area contributed by atoms with E-state index in [0.717, 1.165) is 83.5 Å². The van der Waals surface area contributed by atoms with E-state index in [4.69, 9.17) is 14.2 Å². The van der Waals surface area contributed by atoms with Crippen LogP contribution in [0.5, 0.6) is 0 Å². The Morgan fingerprint density at radius 1 is 0.256 bits per heavy atom. The van der Waals surface area contributed by atoms with Crippen LogP contribution in [0.25, 0.3) is 0 Å². The van der Waals surface area contributed by atoms with Gasteiger partial charge in [0.25, 0.3) is 0 Å². The minimum absolute atomic E-state index is 0.0652. The van der Waals surface area contributed by atoms with Crippen molar-refractivity contribution >= 4 is 17.9 Å². The summed E-state index contributed by atoms with van der Waals surface area (Å²) in [6.45, 7) is 6.57. The maximum atomic E-state index is 12.9. The number of unbranched alkanes of at least 4 members (excludes halogenated alkanes) is 49. The second kappa shape index (κ2) is 70.9. The van der Waals surface area contributed by atoms with Crippen LogP contribution in [0.1, 0.15) is 400 Å². The number of allylic oxidation sites excluding steroid dienone is 8. The van der Waals surface area contributed by atoms with Gasteiger partial charge in [0.1, 0.15) is 13.2 Å². The van der Waals surface area contributed by atoms with E-state index in [-0.39, 0.29) is 31.1 Å². The number of rotatable bonds is 68. The molecule has 480 valence electrons. The fourth-order valence-corrected chi connectivity index (χ4v) is 11.1. The monoisotopic (exact) mass is 1150 g/mol. The molecule has 0 heterocycles. The number of carbonyl (C=O) groups excluding carboxylic acids is 3.